The Bertz CT molecular complexity index is 1400. The third kappa shape index (κ3) is 6.09. The zero-order chi connectivity index (χ0) is 25.1. The maximum absolute atomic E-state index is 13.4. The van der Waals surface area contributed by atoms with Crippen molar-refractivity contribution in [1.82, 2.24) is 5.32 Å². The van der Waals surface area contributed by atoms with Gasteiger partial charge in [0.05, 0.1) is 31.6 Å². The molecule has 1 amide bonds. The number of benzene rings is 3. The fraction of sp³-hybridized carbons (Fsp3) is 0.174. The van der Waals surface area contributed by atoms with E-state index in [9.17, 15) is 21.6 Å². The van der Waals surface area contributed by atoms with Crippen LogP contribution in [0.3, 0.4) is 0 Å². The van der Waals surface area contributed by atoms with Gasteiger partial charge in [-0.1, -0.05) is 53.5 Å². The van der Waals surface area contributed by atoms with Gasteiger partial charge in [0.2, 0.25) is 5.91 Å². The van der Waals surface area contributed by atoms with Crippen molar-refractivity contribution in [2.24, 2.45) is 0 Å². The molecule has 1 N–H and O–H groups in total. The fourth-order valence-corrected chi connectivity index (χ4v) is 5.54. The van der Waals surface area contributed by atoms with Gasteiger partial charge in [0.1, 0.15) is 6.54 Å². The van der Waals surface area contributed by atoms with Crippen LogP contribution in [-0.2, 0) is 24.7 Å². The first-order valence-corrected chi connectivity index (χ1v) is 14.1. The lowest BCUT2D eigenvalue weighted by Crippen LogP contribution is -2.41. The van der Waals surface area contributed by atoms with E-state index in [4.69, 9.17) is 23.2 Å². The molecule has 0 saturated heterocycles. The molecule has 0 aliphatic rings. The quantitative estimate of drug-likeness (QED) is 0.454. The van der Waals surface area contributed by atoms with E-state index in [1.54, 1.807) is 37.3 Å². The first-order valence-electron chi connectivity index (χ1n) is 10.0. The predicted octanol–water partition coefficient (Wildman–Crippen LogP) is 4.47. The number of anilines is 1. The third-order valence-corrected chi connectivity index (χ3v) is 8.65. The Morgan fingerprint density at radius 3 is 2.06 bits per heavy atom. The fourth-order valence-electron chi connectivity index (χ4n) is 3.18. The minimum Gasteiger partial charge on any atom is -0.348 e. The summed E-state index contributed by atoms with van der Waals surface area (Å²) in [6.45, 7) is 1.20. The van der Waals surface area contributed by atoms with Gasteiger partial charge in [-0.15, -0.1) is 0 Å². The number of carbonyl (C=O) groups excluding carboxylic acids is 1. The van der Waals surface area contributed by atoms with E-state index in [0.717, 1.165) is 10.6 Å². The Balaban J connectivity index is 1.87. The summed E-state index contributed by atoms with van der Waals surface area (Å²) in [6, 6.07) is 17.6. The molecule has 1 atom stereocenters. The molecule has 3 rings (SSSR count). The molecule has 0 spiro atoms. The topological polar surface area (TPSA) is 101 Å². The van der Waals surface area contributed by atoms with Gasteiger partial charge < -0.3 is 5.32 Å². The molecule has 0 aromatic heterocycles. The van der Waals surface area contributed by atoms with Gasteiger partial charge in [-0.2, -0.15) is 0 Å². The van der Waals surface area contributed by atoms with Crippen LogP contribution in [0.1, 0.15) is 18.5 Å². The summed E-state index contributed by atoms with van der Waals surface area (Å²) in [5.41, 5.74) is 0.839. The lowest BCUT2D eigenvalue weighted by atomic mass is 10.1. The maximum atomic E-state index is 13.4. The second kappa shape index (κ2) is 10.4. The summed E-state index contributed by atoms with van der Waals surface area (Å²) in [5, 5.41) is 3.14. The monoisotopic (exact) mass is 540 g/mol. The summed E-state index contributed by atoms with van der Waals surface area (Å²) in [4.78, 5) is 13.1. The molecule has 11 heteroatoms. The molecular weight excluding hydrogens is 519 g/mol. The Labute approximate surface area is 209 Å². The number of amides is 1. The second-order valence-electron chi connectivity index (χ2n) is 7.55. The molecule has 1 unspecified atom stereocenters. The normalized spacial score (nSPS) is 12.7. The second-order valence-corrected chi connectivity index (χ2v) is 12.2. The number of sulfonamides is 1. The van der Waals surface area contributed by atoms with Gasteiger partial charge in [-0.05, 0) is 55.0 Å². The van der Waals surface area contributed by atoms with Crippen molar-refractivity contribution >= 4 is 54.7 Å². The molecule has 34 heavy (non-hydrogen) atoms. The molecule has 0 aliphatic heterocycles. The van der Waals surface area contributed by atoms with Gasteiger partial charge in [0, 0.05) is 6.26 Å². The van der Waals surface area contributed by atoms with Gasteiger partial charge >= 0.3 is 0 Å². The van der Waals surface area contributed by atoms with Crippen molar-refractivity contribution in [2.75, 3.05) is 17.1 Å². The molecule has 3 aromatic rings. The molecule has 0 radical (unpaired) electrons. The van der Waals surface area contributed by atoms with Crippen molar-refractivity contribution in [3.8, 4) is 0 Å². The third-order valence-electron chi connectivity index (χ3n) is 5.00. The van der Waals surface area contributed by atoms with Gasteiger partial charge in [-0.3, -0.25) is 9.10 Å². The van der Waals surface area contributed by atoms with Crippen molar-refractivity contribution in [3.05, 3.63) is 88.4 Å². The van der Waals surface area contributed by atoms with Crippen molar-refractivity contribution < 1.29 is 21.6 Å². The summed E-state index contributed by atoms with van der Waals surface area (Å²) >= 11 is 12.1. The summed E-state index contributed by atoms with van der Waals surface area (Å²) in [6.07, 6.45) is 1.11. The summed E-state index contributed by atoms with van der Waals surface area (Å²) in [5.74, 6) is -0.565. The molecule has 3 aromatic carbocycles. The minimum absolute atomic E-state index is 0.0123. The van der Waals surface area contributed by atoms with Crippen LogP contribution in [0.4, 0.5) is 5.69 Å². The van der Waals surface area contributed by atoms with Crippen molar-refractivity contribution in [3.63, 3.8) is 0 Å². The Hall–Kier alpha value is -2.59. The van der Waals surface area contributed by atoms with Gasteiger partial charge in [0.25, 0.3) is 10.0 Å². The highest BCUT2D eigenvalue weighted by Gasteiger charge is 2.28. The number of sulfone groups is 1. The smallest absolute Gasteiger partial charge is 0.264 e. The van der Waals surface area contributed by atoms with E-state index in [1.165, 1.54) is 42.5 Å². The van der Waals surface area contributed by atoms with E-state index in [-0.39, 0.29) is 25.5 Å². The van der Waals surface area contributed by atoms with E-state index in [1.807, 2.05) is 0 Å². The lowest BCUT2D eigenvalue weighted by Gasteiger charge is -2.25. The minimum atomic E-state index is -4.10. The molecule has 0 heterocycles. The Kier molecular flexibility index (Phi) is 7.92. The molecule has 0 bridgehead atoms. The van der Waals surface area contributed by atoms with Crippen molar-refractivity contribution in [2.45, 2.75) is 22.8 Å². The van der Waals surface area contributed by atoms with Crippen LogP contribution in [0.2, 0.25) is 10.0 Å². The number of halogens is 2. The number of nitrogens with one attached hydrogen (secondary N) is 1. The Morgan fingerprint density at radius 1 is 0.882 bits per heavy atom. The highest BCUT2D eigenvalue weighted by Crippen LogP contribution is 2.30. The molecule has 7 nitrogen and oxygen atoms in total. The van der Waals surface area contributed by atoms with E-state index in [0.29, 0.717) is 5.56 Å². The SMILES string of the molecule is CC(NC(=O)CN(c1ccc(Cl)c(Cl)c1)S(=O)(=O)c1ccccc1)c1ccc(S(C)(=O)=O)cc1. The summed E-state index contributed by atoms with van der Waals surface area (Å²) in [7, 11) is -7.44. The highest BCUT2D eigenvalue weighted by atomic mass is 35.5. The van der Waals surface area contributed by atoms with E-state index < -0.39 is 38.4 Å². The molecule has 0 aliphatic carbocycles. The average Bonchev–Trinajstić information content (AvgIpc) is 2.79. The largest absolute Gasteiger partial charge is 0.348 e. The highest BCUT2D eigenvalue weighted by molar-refractivity contribution is 7.93. The number of hydrogen-bond acceptors (Lipinski definition) is 5. The van der Waals surface area contributed by atoms with Gasteiger partial charge in [0.15, 0.2) is 9.84 Å². The molecular formula is C23H22Cl2N2O5S2. The van der Waals surface area contributed by atoms with E-state index in [2.05, 4.69) is 5.32 Å². The van der Waals surface area contributed by atoms with E-state index >= 15 is 0 Å². The number of carbonyl (C=O) groups is 1. The van der Waals surface area contributed by atoms with Crippen LogP contribution in [0, 0.1) is 0 Å². The molecule has 0 fully saturated rings. The van der Waals surface area contributed by atoms with Crippen LogP contribution in [0.15, 0.2) is 82.6 Å². The maximum Gasteiger partial charge on any atom is 0.264 e. The zero-order valence-corrected chi connectivity index (χ0v) is 21.4. The van der Waals surface area contributed by atoms with Crippen molar-refractivity contribution in [1.29, 1.82) is 0 Å². The van der Waals surface area contributed by atoms with Gasteiger partial charge in [-0.25, -0.2) is 16.8 Å². The first kappa shape index (κ1) is 26.0. The standard InChI is InChI=1S/C23H22Cl2N2O5S2/c1-16(17-8-11-19(12-9-17)33(2,29)30)26-23(28)15-27(18-10-13-21(24)22(25)14-18)34(31,32)20-6-4-3-5-7-20/h3-14,16H,15H2,1-2H3,(H,26,28). The van der Waals surface area contributed by atoms with Crippen LogP contribution >= 0.6 is 23.2 Å². The van der Waals surface area contributed by atoms with Crippen LogP contribution < -0.4 is 9.62 Å². The Morgan fingerprint density at radius 2 is 1.50 bits per heavy atom. The lowest BCUT2D eigenvalue weighted by molar-refractivity contribution is -0.120. The number of nitrogens with zero attached hydrogens (tertiary/aromatic N) is 1. The summed E-state index contributed by atoms with van der Waals surface area (Å²) < 4.78 is 51.0. The molecule has 0 saturated carbocycles. The van der Waals surface area contributed by atoms with Crippen LogP contribution in [0.25, 0.3) is 0 Å². The zero-order valence-electron chi connectivity index (χ0n) is 18.3. The molecule has 180 valence electrons. The predicted molar refractivity (Wildman–Crippen MR) is 134 cm³/mol. The average molecular weight is 541 g/mol. The van der Waals surface area contributed by atoms with Crippen LogP contribution in [0.5, 0.6) is 0 Å². The number of rotatable bonds is 8. The van der Waals surface area contributed by atoms with Crippen LogP contribution in [-0.4, -0.2) is 35.5 Å². The first-order chi connectivity index (χ1) is 15.9. The number of hydrogen-bond donors (Lipinski definition) is 1.